The second-order valence-electron chi connectivity index (χ2n) is 5.45. The van der Waals surface area contributed by atoms with Crippen molar-refractivity contribution in [1.82, 2.24) is 4.57 Å². The molecule has 2 heterocycles. The van der Waals surface area contributed by atoms with Crippen molar-refractivity contribution in [2.24, 2.45) is 5.92 Å². The van der Waals surface area contributed by atoms with Crippen LogP contribution in [0.1, 0.15) is 48.2 Å². The van der Waals surface area contributed by atoms with Crippen LogP contribution >= 0.6 is 0 Å². The number of furan rings is 1. The Kier molecular flexibility index (Phi) is 3.86. The summed E-state index contributed by atoms with van der Waals surface area (Å²) in [5.41, 5.74) is 1.01. The zero-order valence-electron chi connectivity index (χ0n) is 11.5. The van der Waals surface area contributed by atoms with Crippen molar-refractivity contribution in [3.63, 3.8) is 0 Å². The van der Waals surface area contributed by atoms with Crippen LogP contribution < -0.4 is 0 Å². The topological polar surface area (TPSA) is 35.1 Å². The predicted molar refractivity (Wildman–Crippen MR) is 79.3 cm³/mol. The molecule has 3 nitrogen and oxygen atoms in total. The molecule has 0 saturated heterocycles. The van der Waals surface area contributed by atoms with E-state index in [-0.39, 0.29) is 5.91 Å². The van der Waals surface area contributed by atoms with Gasteiger partial charge in [-0.3, -0.25) is 9.36 Å². The van der Waals surface area contributed by atoms with E-state index >= 15 is 0 Å². The summed E-state index contributed by atoms with van der Waals surface area (Å²) in [6.07, 6.45) is 14.9. The highest BCUT2D eigenvalue weighted by Crippen LogP contribution is 2.28. The second kappa shape index (κ2) is 5.95. The molecule has 104 valence electrons. The van der Waals surface area contributed by atoms with Gasteiger partial charge in [-0.15, -0.1) is 0 Å². The maximum atomic E-state index is 12.2. The summed E-state index contributed by atoms with van der Waals surface area (Å²) in [6, 6.07) is 5.71. The van der Waals surface area contributed by atoms with E-state index in [4.69, 9.17) is 4.42 Å². The molecule has 0 unspecified atom stereocenters. The Morgan fingerprint density at radius 1 is 1.30 bits per heavy atom. The smallest absolute Gasteiger partial charge is 0.230 e. The van der Waals surface area contributed by atoms with Crippen LogP contribution in [0.25, 0.3) is 12.2 Å². The average molecular weight is 269 g/mol. The van der Waals surface area contributed by atoms with E-state index in [2.05, 4.69) is 0 Å². The van der Waals surface area contributed by atoms with Gasteiger partial charge in [-0.25, -0.2) is 0 Å². The fourth-order valence-corrected chi connectivity index (χ4v) is 2.80. The van der Waals surface area contributed by atoms with Gasteiger partial charge in [-0.1, -0.05) is 12.8 Å². The summed E-state index contributed by atoms with van der Waals surface area (Å²) >= 11 is 0. The van der Waals surface area contributed by atoms with Crippen molar-refractivity contribution in [3.05, 3.63) is 48.2 Å². The van der Waals surface area contributed by atoms with Crippen molar-refractivity contribution in [2.75, 3.05) is 0 Å². The molecule has 0 atom stereocenters. The lowest BCUT2D eigenvalue weighted by molar-refractivity contribution is 0.0881. The SMILES string of the molecule is O=C(CC1CCCC1)n1ccc(C=Cc2ccco2)c1. The minimum atomic E-state index is 0.203. The summed E-state index contributed by atoms with van der Waals surface area (Å²) in [5, 5.41) is 0. The Morgan fingerprint density at radius 2 is 2.15 bits per heavy atom. The first-order chi connectivity index (χ1) is 9.81. The summed E-state index contributed by atoms with van der Waals surface area (Å²) in [6.45, 7) is 0. The monoisotopic (exact) mass is 269 g/mol. The van der Waals surface area contributed by atoms with Gasteiger partial charge in [0.25, 0.3) is 0 Å². The van der Waals surface area contributed by atoms with E-state index in [0.717, 1.165) is 11.3 Å². The number of hydrogen-bond donors (Lipinski definition) is 0. The third kappa shape index (κ3) is 3.10. The van der Waals surface area contributed by atoms with Gasteiger partial charge >= 0.3 is 0 Å². The highest BCUT2D eigenvalue weighted by Gasteiger charge is 2.19. The first kappa shape index (κ1) is 13.0. The van der Waals surface area contributed by atoms with Gasteiger partial charge in [0, 0.05) is 18.8 Å². The highest BCUT2D eigenvalue weighted by atomic mass is 16.3. The third-order valence-corrected chi connectivity index (χ3v) is 3.93. The maximum absolute atomic E-state index is 12.2. The minimum absolute atomic E-state index is 0.203. The molecule has 0 N–H and O–H groups in total. The number of aromatic nitrogens is 1. The van der Waals surface area contributed by atoms with Crippen LogP contribution in [0, 0.1) is 5.92 Å². The first-order valence-electron chi connectivity index (χ1n) is 7.24. The normalized spacial score (nSPS) is 16.2. The highest BCUT2D eigenvalue weighted by molar-refractivity contribution is 5.80. The molecule has 0 spiro atoms. The van der Waals surface area contributed by atoms with E-state index in [0.29, 0.717) is 12.3 Å². The molecule has 0 radical (unpaired) electrons. The van der Waals surface area contributed by atoms with E-state index < -0.39 is 0 Å². The van der Waals surface area contributed by atoms with Crippen LogP contribution in [0.4, 0.5) is 0 Å². The maximum Gasteiger partial charge on any atom is 0.230 e. The fourth-order valence-electron chi connectivity index (χ4n) is 2.80. The summed E-state index contributed by atoms with van der Waals surface area (Å²) < 4.78 is 6.95. The first-order valence-corrected chi connectivity index (χ1v) is 7.24. The number of hydrogen-bond acceptors (Lipinski definition) is 2. The fraction of sp³-hybridized carbons (Fsp3) is 0.353. The van der Waals surface area contributed by atoms with Crippen LogP contribution in [0.15, 0.2) is 41.3 Å². The lowest BCUT2D eigenvalue weighted by Crippen LogP contribution is -2.12. The van der Waals surface area contributed by atoms with Crippen LogP contribution in [0.5, 0.6) is 0 Å². The molecule has 1 aliphatic carbocycles. The molecule has 0 bridgehead atoms. The molecule has 3 rings (SSSR count). The number of carbonyl (C=O) groups excluding carboxylic acids is 1. The van der Waals surface area contributed by atoms with E-state index in [1.165, 1.54) is 25.7 Å². The molecule has 20 heavy (non-hydrogen) atoms. The van der Waals surface area contributed by atoms with Gasteiger partial charge in [0.1, 0.15) is 5.76 Å². The van der Waals surface area contributed by atoms with Crippen molar-refractivity contribution in [3.8, 4) is 0 Å². The van der Waals surface area contributed by atoms with Gasteiger partial charge < -0.3 is 4.42 Å². The average Bonchev–Trinajstić information content (AvgIpc) is 3.19. The lowest BCUT2D eigenvalue weighted by atomic mass is 10.0. The van der Waals surface area contributed by atoms with Crippen molar-refractivity contribution in [2.45, 2.75) is 32.1 Å². The van der Waals surface area contributed by atoms with Gasteiger partial charge in [0.15, 0.2) is 0 Å². The molecule has 0 aromatic carbocycles. The molecule has 2 aromatic heterocycles. The van der Waals surface area contributed by atoms with E-state index in [1.54, 1.807) is 10.8 Å². The zero-order valence-corrected chi connectivity index (χ0v) is 11.5. The van der Waals surface area contributed by atoms with Crippen molar-refractivity contribution < 1.29 is 9.21 Å². The standard InChI is InChI=1S/C17H19NO2/c19-17(12-14-4-1-2-5-14)18-10-9-15(13-18)7-8-16-6-3-11-20-16/h3,6-11,13-14H,1-2,4-5,12H2. The molecule has 2 aromatic rings. The lowest BCUT2D eigenvalue weighted by Gasteiger charge is -2.07. The van der Waals surface area contributed by atoms with Gasteiger partial charge in [0.2, 0.25) is 5.91 Å². The molecular formula is C17H19NO2. The summed E-state index contributed by atoms with van der Waals surface area (Å²) in [7, 11) is 0. The van der Waals surface area contributed by atoms with Crippen LogP contribution in [0.3, 0.4) is 0 Å². The predicted octanol–water partition coefficient (Wildman–Crippen LogP) is 4.47. The summed E-state index contributed by atoms with van der Waals surface area (Å²) in [4.78, 5) is 12.2. The Labute approximate surface area is 118 Å². The number of carbonyl (C=O) groups is 1. The minimum Gasteiger partial charge on any atom is -0.465 e. The summed E-state index contributed by atoms with van der Waals surface area (Å²) in [5.74, 6) is 1.61. The molecule has 0 amide bonds. The molecule has 0 aliphatic heterocycles. The third-order valence-electron chi connectivity index (χ3n) is 3.93. The molecule has 1 fully saturated rings. The van der Waals surface area contributed by atoms with E-state index in [1.807, 2.05) is 42.7 Å². The molecule has 1 aliphatic rings. The van der Waals surface area contributed by atoms with Crippen molar-refractivity contribution >= 4 is 18.1 Å². The van der Waals surface area contributed by atoms with Gasteiger partial charge in [0.05, 0.1) is 6.26 Å². The number of nitrogens with zero attached hydrogens (tertiary/aromatic N) is 1. The zero-order chi connectivity index (χ0) is 13.8. The van der Waals surface area contributed by atoms with Crippen LogP contribution in [-0.2, 0) is 0 Å². The molecule has 1 saturated carbocycles. The Bertz CT molecular complexity index is 586. The van der Waals surface area contributed by atoms with Crippen LogP contribution in [-0.4, -0.2) is 10.5 Å². The second-order valence-corrected chi connectivity index (χ2v) is 5.45. The Hall–Kier alpha value is -2.03. The Balaban J connectivity index is 1.62. The van der Waals surface area contributed by atoms with Crippen molar-refractivity contribution in [1.29, 1.82) is 0 Å². The van der Waals surface area contributed by atoms with Gasteiger partial charge in [-0.05, 0) is 54.7 Å². The van der Waals surface area contributed by atoms with Crippen LogP contribution in [0.2, 0.25) is 0 Å². The Morgan fingerprint density at radius 3 is 2.90 bits per heavy atom. The molecule has 3 heteroatoms. The van der Waals surface area contributed by atoms with E-state index in [9.17, 15) is 4.79 Å². The van der Waals surface area contributed by atoms with Gasteiger partial charge in [-0.2, -0.15) is 0 Å². The largest absolute Gasteiger partial charge is 0.465 e. The number of rotatable bonds is 4. The molecular weight excluding hydrogens is 250 g/mol. The quantitative estimate of drug-likeness (QED) is 0.820.